The molecule has 2 N–H and O–H groups in total. The third kappa shape index (κ3) is 4.76. The van der Waals surface area contributed by atoms with Gasteiger partial charge in [0, 0.05) is 18.8 Å². The number of carbonyl (C=O) groups is 3. The molecule has 1 amide bonds. The van der Waals surface area contributed by atoms with Crippen LogP contribution in [0.1, 0.15) is 40.5 Å². The largest absolute Gasteiger partial charge is 0.478 e. The molecule has 1 unspecified atom stereocenters. The lowest BCUT2D eigenvalue weighted by Gasteiger charge is -2.34. The number of nitrogens with zero attached hydrogens (tertiary/aromatic N) is 1. The summed E-state index contributed by atoms with van der Waals surface area (Å²) in [7, 11) is 0. The summed E-state index contributed by atoms with van der Waals surface area (Å²) in [6.45, 7) is 3.01. The number of ether oxygens (including phenoxy) is 1. The minimum atomic E-state index is -1.16. The molecule has 1 fully saturated rings. The molecule has 158 valence electrons. The van der Waals surface area contributed by atoms with Crippen LogP contribution in [0.25, 0.3) is 0 Å². The number of esters is 1. The van der Waals surface area contributed by atoms with Crippen LogP contribution in [0.5, 0.6) is 0 Å². The van der Waals surface area contributed by atoms with Crippen LogP contribution in [-0.2, 0) is 9.53 Å². The molecule has 0 radical (unpaired) electrons. The predicted octanol–water partition coefficient (Wildman–Crippen LogP) is 3.56. The number of halogens is 1. The van der Waals surface area contributed by atoms with Crippen molar-refractivity contribution in [3.05, 3.63) is 59.4 Å². The standard InChI is InChI=1S/C22H23FN2O5/c1-2-30-22(29)14-6-5-11-25(13-14)19-10-9-15(12-17(19)21(27)28)24-20(26)16-7-3-4-8-18(16)23/h3-4,7-10,12,14H,2,5-6,11,13H2,1H3,(H,24,26)(H,27,28). The first kappa shape index (κ1) is 21.3. The number of amides is 1. The number of aromatic carboxylic acids is 1. The lowest BCUT2D eigenvalue weighted by Crippen LogP contribution is -2.40. The Bertz CT molecular complexity index is 962. The van der Waals surface area contributed by atoms with E-state index in [9.17, 15) is 23.9 Å². The molecule has 1 aliphatic rings. The molecule has 1 aliphatic heterocycles. The van der Waals surface area contributed by atoms with E-state index < -0.39 is 17.7 Å². The Morgan fingerprint density at radius 2 is 1.97 bits per heavy atom. The molecule has 0 aromatic heterocycles. The van der Waals surface area contributed by atoms with Crippen molar-refractivity contribution < 1.29 is 28.6 Å². The number of nitrogens with one attached hydrogen (secondary N) is 1. The number of hydrogen-bond donors (Lipinski definition) is 2. The number of anilines is 2. The number of carbonyl (C=O) groups excluding carboxylic acids is 2. The van der Waals surface area contributed by atoms with Gasteiger partial charge in [-0.25, -0.2) is 9.18 Å². The van der Waals surface area contributed by atoms with Gasteiger partial charge in [-0.1, -0.05) is 12.1 Å². The average Bonchev–Trinajstić information content (AvgIpc) is 2.74. The third-order valence-electron chi connectivity index (χ3n) is 4.99. The van der Waals surface area contributed by atoms with Gasteiger partial charge in [-0.15, -0.1) is 0 Å². The lowest BCUT2D eigenvalue weighted by molar-refractivity contribution is -0.148. The second kappa shape index (κ2) is 9.39. The monoisotopic (exact) mass is 414 g/mol. The summed E-state index contributed by atoms with van der Waals surface area (Å²) >= 11 is 0. The molecule has 1 atom stereocenters. The van der Waals surface area contributed by atoms with Gasteiger partial charge in [0.05, 0.1) is 29.3 Å². The van der Waals surface area contributed by atoms with E-state index in [1.165, 1.54) is 24.3 Å². The van der Waals surface area contributed by atoms with E-state index in [4.69, 9.17) is 4.74 Å². The molecule has 30 heavy (non-hydrogen) atoms. The highest BCUT2D eigenvalue weighted by Gasteiger charge is 2.29. The first-order valence-electron chi connectivity index (χ1n) is 9.75. The van der Waals surface area contributed by atoms with Crippen LogP contribution in [0.2, 0.25) is 0 Å². The zero-order valence-corrected chi connectivity index (χ0v) is 16.6. The molecule has 0 spiro atoms. The summed E-state index contributed by atoms with van der Waals surface area (Å²) in [6.07, 6.45) is 1.42. The Kier molecular flexibility index (Phi) is 6.66. The van der Waals surface area contributed by atoms with Gasteiger partial charge < -0.3 is 20.1 Å². The molecule has 2 aromatic carbocycles. The van der Waals surface area contributed by atoms with E-state index in [0.717, 1.165) is 6.42 Å². The van der Waals surface area contributed by atoms with Crippen LogP contribution in [0.4, 0.5) is 15.8 Å². The first-order valence-corrected chi connectivity index (χ1v) is 9.75. The highest BCUT2D eigenvalue weighted by Crippen LogP contribution is 2.29. The fourth-order valence-corrected chi connectivity index (χ4v) is 3.55. The number of carboxylic acid groups (broad SMARTS) is 1. The van der Waals surface area contributed by atoms with E-state index in [1.54, 1.807) is 25.1 Å². The average molecular weight is 414 g/mol. The van der Waals surface area contributed by atoms with Crippen molar-refractivity contribution in [3.63, 3.8) is 0 Å². The van der Waals surface area contributed by atoms with Gasteiger partial charge in [-0.05, 0) is 50.1 Å². The third-order valence-corrected chi connectivity index (χ3v) is 4.99. The number of rotatable bonds is 6. The number of carboxylic acids is 1. The van der Waals surface area contributed by atoms with Gasteiger partial charge in [0.1, 0.15) is 5.82 Å². The van der Waals surface area contributed by atoms with E-state index >= 15 is 0 Å². The first-order chi connectivity index (χ1) is 14.4. The SMILES string of the molecule is CCOC(=O)C1CCCN(c2ccc(NC(=O)c3ccccc3F)cc2C(=O)O)C1. The Morgan fingerprint density at radius 1 is 1.20 bits per heavy atom. The van der Waals surface area contributed by atoms with Gasteiger partial charge in [0.25, 0.3) is 5.91 Å². The van der Waals surface area contributed by atoms with Gasteiger partial charge in [0.2, 0.25) is 0 Å². The smallest absolute Gasteiger partial charge is 0.337 e. The molecule has 7 nitrogen and oxygen atoms in total. The van der Waals surface area contributed by atoms with Crippen molar-refractivity contribution in [2.24, 2.45) is 5.92 Å². The molecule has 3 rings (SSSR count). The highest BCUT2D eigenvalue weighted by molar-refractivity contribution is 6.05. The van der Waals surface area contributed by atoms with E-state index in [-0.39, 0.29) is 28.7 Å². The zero-order chi connectivity index (χ0) is 21.7. The van der Waals surface area contributed by atoms with Crippen molar-refractivity contribution in [1.82, 2.24) is 0 Å². The normalized spacial score (nSPS) is 16.1. The van der Waals surface area contributed by atoms with Crippen molar-refractivity contribution >= 4 is 29.2 Å². The maximum atomic E-state index is 13.8. The van der Waals surface area contributed by atoms with Crippen LogP contribution in [0, 0.1) is 11.7 Å². The minimum Gasteiger partial charge on any atom is -0.478 e. The number of hydrogen-bond acceptors (Lipinski definition) is 5. The summed E-state index contributed by atoms with van der Waals surface area (Å²) in [5.41, 5.74) is 0.557. The molecular weight excluding hydrogens is 391 g/mol. The second-order valence-corrected chi connectivity index (χ2v) is 7.01. The zero-order valence-electron chi connectivity index (χ0n) is 16.6. The van der Waals surface area contributed by atoms with E-state index in [1.807, 2.05) is 4.90 Å². The fraction of sp³-hybridized carbons (Fsp3) is 0.318. The topological polar surface area (TPSA) is 95.9 Å². The number of piperidine rings is 1. The predicted molar refractivity (Wildman–Crippen MR) is 109 cm³/mol. The van der Waals surface area contributed by atoms with Gasteiger partial charge in [-0.3, -0.25) is 9.59 Å². The molecule has 0 saturated carbocycles. The van der Waals surface area contributed by atoms with Crippen LogP contribution < -0.4 is 10.2 Å². The molecule has 0 bridgehead atoms. The van der Waals surface area contributed by atoms with Crippen LogP contribution in [0.3, 0.4) is 0 Å². The van der Waals surface area contributed by atoms with Crippen molar-refractivity contribution in [1.29, 1.82) is 0 Å². The number of benzene rings is 2. The van der Waals surface area contributed by atoms with Crippen molar-refractivity contribution in [2.75, 3.05) is 29.9 Å². The van der Waals surface area contributed by atoms with Gasteiger partial charge in [-0.2, -0.15) is 0 Å². The lowest BCUT2D eigenvalue weighted by atomic mass is 9.96. The molecule has 0 aliphatic carbocycles. The van der Waals surface area contributed by atoms with Crippen LogP contribution in [0.15, 0.2) is 42.5 Å². The Morgan fingerprint density at radius 3 is 2.67 bits per heavy atom. The maximum Gasteiger partial charge on any atom is 0.337 e. The van der Waals surface area contributed by atoms with E-state index in [0.29, 0.717) is 31.8 Å². The maximum absolute atomic E-state index is 13.8. The minimum absolute atomic E-state index is 0.00848. The van der Waals surface area contributed by atoms with Crippen molar-refractivity contribution in [3.8, 4) is 0 Å². The van der Waals surface area contributed by atoms with Gasteiger partial charge >= 0.3 is 11.9 Å². The molecule has 8 heteroatoms. The van der Waals surface area contributed by atoms with Gasteiger partial charge in [0.15, 0.2) is 0 Å². The Balaban J connectivity index is 1.82. The second-order valence-electron chi connectivity index (χ2n) is 7.01. The quantitative estimate of drug-likeness (QED) is 0.702. The summed E-state index contributed by atoms with van der Waals surface area (Å²) in [6, 6.07) is 10.0. The summed E-state index contributed by atoms with van der Waals surface area (Å²) in [5, 5.41) is 12.2. The summed E-state index contributed by atoms with van der Waals surface area (Å²) in [5.74, 6) is -3.10. The molecule has 2 aromatic rings. The summed E-state index contributed by atoms with van der Waals surface area (Å²) < 4.78 is 18.9. The fourth-order valence-electron chi connectivity index (χ4n) is 3.55. The summed E-state index contributed by atoms with van der Waals surface area (Å²) in [4.78, 5) is 38.1. The highest BCUT2D eigenvalue weighted by atomic mass is 19.1. The Hall–Kier alpha value is -3.42. The molecule has 1 heterocycles. The van der Waals surface area contributed by atoms with Crippen LogP contribution >= 0.6 is 0 Å². The van der Waals surface area contributed by atoms with Crippen LogP contribution in [-0.4, -0.2) is 42.6 Å². The Labute approximate surface area is 173 Å². The van der Waals surface area contributed by atoms with Crippen molar-refractivity contribution in [2.45, 2.75) is 19.8 Å². The molecule has 1 saturated heterocycles. The van der Waals surface area contributed by atoms with E-state index in [2.05, 4.69) is 5.32 Å². The molecular formula is C22H23FN2O5.